The summed E-state index contributed by atoms with van der Waals surface area (Å²) in [5, 5.41) is 2.65. The molecule has 5 atom stereocenters. The van der Waals surface area contributed by atoms with Gasteiger partial charge in [0, 0.05) is 27.7 Å². The second-order valence-electron chi connectivity index (χ2n) is 7.02. The lowest BCUT2D eigenvalue weighted by atomic mass is 9.96. The summed E-state index contributed by atoms with van der Waals surface area (Å²) in [6.45, 7) is 4.72. The predicted molar refractivity (Wildman–Crippen MR) is 105 cm³/mol. The summed E-state index contributed by atoms with van der Waals surface area (Å²) in [4.78, 5) is 46.7. The summed E-state index contributed by atoms with van der Waals surface area (Å²) in [6.07, 6.45) is -4.36. The Kier molecular flexibility index (Phi) is 8.95. The molecule has 0 aliphatic carbocycles. The average Bonchev–Trinajstić information content (AvgIpc) is 2.68. The van der Waals surface area contributed by atoms with Gasteiger partial charge in [0.1, 0.15) is 18.8 Å². The minimum Gasteiger partial charge on any atom is -0.463 e. The van der Waals surface area contributed by atoms with E-state index in [0.717, 1.165) is 5.56 Å². The van der Waals surface area contributed by atoms with Crippen LogP contribution in [0.4, 0.5) is 0 Å². The molecule has 0 radical (unpaired) electrons. The van der Waals surface area contributed by atoms with Gasteiger partial charge in [0.15, 0.2) is 18.5 Å². The molecular weight excluding hydrogens is 410 g/mol. The van der Waals surface area contributed by atoms with Crippen LogP contribution in [-0.4, -0.2) is 61.1 Å². The first-order valence-electron chi connectivity index (χ1n) is 9.73. The zero-order valence-corrected chi connectivity index (χ0v) is 17.9. The third kappa shape index (κ3) is 7.65. The van der Waals surface area contributed by atoms with Crippen molar-refractivity contribution in [2.45, 2.75) is 64.9 Å². The minimum absolute atomic E-state index is 0.132. The molecule has 0 bridgehead atoms. The van der Waals surface area contributed by atoms with E-state index in [-0.39, 0.29) is 13.2 Å². The molecule has 1 amide bonds. The van der Waals surface area contributed by atoms with Crippen LogP contribution in [0, 0.1) is 0 Å². The number of carbonyl (C=O) groups excluding carboxylic acids is 4. The van der Waals surface area contributed by atoms with Crippen LogP contribution in [0.2, 0.25) is 0 Å². The zero-order valence-electron chi connectivity index (χ0n) is 17.9. The predicted octanol–water partition coefficient (Wildman–Crippen LogP) is 0.859. The summed E-state index contributed by atoms with van der Waals surface area (Å²) in [6, 6.07) is 8.25. The van der Waals surface area contributed by atoms with Gasteiger partial charge >= 0.3 is 17.9 Å². The smallest absolute Gasteiger partial charge is 0.303 e. The van der Waals surface area contributed by atoms with Gasteiger partial charge in [-0.3, -0.25) is 19.2 Å². The van der Waals surface area contributed by atoms with Gasteiger partial charge in [0.2, 0.25) is 5.91 Å². The van der Waals surface area contributed by atoms with Gasteiger partial charge in [-0.1, -0.05) is 30.3 Å². The van der Waals surface area contributed by atoms with Gasteiger partial charge in [-0.05, 0) is 5.56 Å². The van der Waals surface area contributed by atoms with Crippen molar-refractivity contribution >= 4 is 23.8 Å². The number of benzene rings is 1. The van der Waals surface area contributed by atoms with E-state index in [4.69, 9.17) is 23.7 Å². The number of carbonyl (C=O) groups is 4. The lowest BCUT2D eigenvalue weighted by Crippen LogP contribution is -2.66. The van der Waals surface area contributed by atoms with Crippen molar-refractivity contribution in [1.29, 1.82) is 0 Å². The molecule has 10 heteroatoms. The molecule has 1 heterocycles. The van der Waals surface area contributed by atoms with Crippen molar-refractivity contribution < 1.29 is 42.9 Å². The molecule has 31 heavy (non-hydrogen) atoms. The van der Waals surface area contributed by atoms with Gasteiger partial charge in [-0.15, -0.1) is 0 Å². The summed E-state index contributed by atoms with van der Waals surface area (Å²) in [5.74, 6) is -2.32. The van der Waals surface area contributed by atoms with Crippen LogP contribution < -0.4 is 5.32 Å². The van der Waals surface area contributed by atoms with Crippen molar-refractivity contribution in [1.82, 2.24) is 5.32 Å². The molecule has 1 fully saturated rings. The lowest BCUT2D eigenvalue weighted by molar-refractivity contribution is -0.280. The fraction of sp³-hybridized carbons (Fsp3) is 0.524. The van der Waals surface area contributed by atoms with Crippen molar-refractivity contribution in [2.24, 2.45) is 0 Å². The Morgan fingerprint density at radius 2 is 1.52 bits per heavy atom. The summed E-state index contributed by atoms with van der Waals surface area (Å²) >= 11 is 0. The Labute approximate surface area is 180 Å². The maximum atomic E-state index is 11.8. The third-order valence-electron chi connectivity index (χ3n) is 4.33. The van der Waals surface area contributed by atoms with E-state index < -0.39 is 54.5 Å². The molecule has 1 aliphatic heterocycles. The van der Waals surface area contributed by atoms with E-state index in [1.54, 1.807) is 0 Å². The van der Waals surface area contributed by atoms with Crippen LogP contribution >= 0.6 is 0 Å². The molecular formula is C21H27NO9. The summed E-state index contributed by atoms with van der Waals surface area (Å²) in [5.41, 5.74) is 0.843. The molecule has 0 unspecified atom stereocenters. The molecule has 0 saturated carbocycles. The molecule has 1 saturated heterocycles. The summed E-state index contributed by atoms with van der Waals surface area (Å²) < 4.78 is 27.6. The number of nitrogens with one attached hydrogen (secondary N) is 1. The van der Waals surface area contributed by atoms with E-state index in [1.165, 1.54) is 27.7 Å². The number of hydrogen-bond donors (Lipinski definition) is 1. The second-order valence-corrected chi connectivity index (χ2v) is 7.02. The fourth-order valence-corrected chi connectivity index (χ4v) is 3.19. The average molecular weight is 437 g/mol. The van der Waals surface area contributed by atoms with Gasteiger partial charge < -0.3 is 29.0 Å². The van der Waals surface area contributed by atoms with Crippen LogP contribution in [0.15, 0.2) is 30.3 Å². The topological polar surface area (TPSA) is 126 Å². The van der Waals surface area contributed by atoms with Crippen LogP contribution in [0.3, 0.4) is 0 Å². The Morgan fingerprint density at radius 1 is 0.903 bits per heavy atom. The van der Waals surface area contributed by atoms with E-state index in [1.807, 2.05) is 30.3 Å². The van der Waals surface area contributed by atoms with Crippen molar-refractivity contribution in [2.75, 3.05) is 6.61 Å². The molecule has 10 nitrogen and oxygen atoms in total. The Morgan fingerprint density at radius 3 is 2.06 bits per heavy atom. The highest BCUT2D eigenvalue weighted by atomic mass is 16.7. The molecule has 1 aliphatic rings. The van der Waals surface area contributed by atoms with Crippen molar-refractivity contribution in [3.8, 4) is 0 Å². The Bertz CT molecular complexity index is 782. The largest absolute Gasteiger partial charge is 0.463 e. The van der Waals surface area contributed by atoms with Gasteiger partial charge in [-0.25, -0.2) is 0 Å². The second kappa shape index (κ2) is 11.4. The number of esters is 3. The number of rotatable bonds is 8. The van der Waals surface area contributed by atoms with Crippen LogP contribution in [-0.2, 0) is 49.5 Å². The molecule has 0 spiro atoms. The molecule has 1 aromatic carbocycles. The molecule has 1 aromatic rings. The molecule has 0 aromatic heterocycles. The van der Waals surface area contributed by atoms with Crippen LogP contribution in [0.25, 0.3) is 0 Å². The highest BCUT2D eigenvalue weighted by molar-refractivity contribution is 5.73. The number of ether oxygens (including phenoxy) is 5. The van der Waals surface area contributed by atoms with E-state index in [0.29, 0.717) is 0 Å². The number of hydrogen-bond acceptors (Lipinski definition) is 9. The highest BCUT2D eigenvalue weighted by Crippen LogP contribution is 2.28. The van der Waals surface area contributed by atoms with E-state index >= 15 is 0 Å². The normalized spacial score (nSPS) is 25.2. The minimum atomic E-state index is -1.14. The third-order valence-corrected chi connectivity index (χ3v) is 4.33. The monoisotopic (exact) mass is 437 g/mol. The first kappa shape index (κ1) is 24.3. The quantitative estimate of drug-likeness (QED) is 0.465. The van der Waals surface area contributed by atoms with E-state index in [9.17, 15) is 19.2 Å². The van der Waals surface area contributed by atoms with Crippen LogP contribution in [0.5, 0.6) is 0 Å². The standard InChI is InChI=1S/C21H27NO9/c1-12(23)22-18-20(30-15(4)26)19(29-14(3)25)17(11-27-13(2)24)31-21(18)28-10-16-8-6-5-7-9-16/h5-9,17-21H,10-11H2,1-4H3,(H,22,23)/t17-,18-,19+,20-,21-/m1/s1. The van der Waals surface area contributed by atoms with E-state index in [2.05, 4.69) is 5.32 Å². The lowest BCUT2D eigenvalue weighted by Gasteiger charge is -2.44. The van der Waals surface area contributed by atoms with Gasteiger partial charge in [0.25, 0.3) is 0 Å². The Balaban J connectivity index is 2.35. The highest BCUT2D eigenvalue weighted by Gasteiger charge is 2.51. The van der Waals surface area contributed by atoms with Crippen molar-refractivity contribution in [3.05, 3.63) is 35.9 Å². The summed E-state index contributed by atoms with van der Waals surface area (Å²) in [7, 11) is 0. The maximum absolute atomic E-state index is 11.8. The molecule has 2 rings (SSSR count). The number of amides is 1. The Hall–Kier alpha value is -2.98. The first-order valence-corrected chi connectivity index (χ1v) is 9.73. The maximum Gasteiger partial charge on any atom is 0.303 e. The van der Waals surface area contributed by atoms with Gasteiger partial charge in [-0.2, -0.15) is 0 Å². The van der Waals surface area contributed by atoms with Gasteiger partial charge in [0.05, 0.1) is 6.61 Å². The first-order chi connectivity index (χ1) is 14.7. The van der Waals surface area contributed by atoms with Crippen molar-refractivity contribution in [3.63, 3.8) is 0 Å². The zero-order chi connectivity index (χ0) is 23.0. The fourth-order valence-electron chi connectivity index (χ4n) is 3.19. The molecule has 170 valence electrons. The van der Waals surface area contributed by atoms with Crippen LogP contribution in [0.1, 0.15) is 33.3 Å². The SMILES string of the molecule is CC(=O)N[C@H]1[C@H](OCc2ccccc2)O[C@H](COC(C)=O)[C@H](OC(C)=O)[C@@H]1OC(C)=O. The molecule has 1 N–H and O–H groups in total.